The van der Waals surface area contributed by atoms with Crippen molar-refractivity contribution in [2.24, 2.45) is 0 Å². The molecule has 0 unspecified atom stereocenters. The molecular weight excluding hydrogens is 266 g/mol. The van der Waals surface area contributed by atoms with Gasteiger partial charge in [0.05, 0.1) is 6.61 Å². The van der Waals surface area contributed by atoms with Crippen molar-refractivity contribution in [2.75, 3.05) is 39.3 Å². The molecule has 1 fully saturated rings. The fraction of sp³-hybridized carbons (Fsp3) is 0.538. The molecule has 0 aliphatic carbocycles. The Kier molecular flexibility index (Phi) is 5.13. The second kappa shape index (κ2) is 6.84. The molecule has 0 atom stereocenters. The summed E-state index contributed by atoms with van der Waals surface area (Å²) in [6, 6.07) is 3.25. The molecule has 1 aromatic rings. The minimum absolute atomic E-state index is 0.0756. The van der Waals surface area contributed by atoms with Gasteiger partial charge in [0.25, 0.3) is 5.91 Å². The summed E-state index contributed by atoms with van der Waals surface area (Å²) in [5.41, 5.74) is 0.392. The van der Waals surface area contributed by atoms with E-state index in [9.17, 15) is 4.79 Å². The number of β-amino-alcohol motifs (C(OH)–C–C–N with tert-alkyl or cyclic N) is 1. The lowest BCUT2D eigenvalue weighted by Gasteiger charge is -2.21. The summed E-state index contributed by atoms with van der Waals surface area (Å²) in [7, 11) is 0. The van der Waals surface area contributed by atoms with Crippen molar-refractivity contribution in [3.63, 3.8) is 0 Å². The molecule has 0 saturated carbocycles. The Morgan fingerprint density at radius 1 is 1.37 bits per heavy atom. The second-order valence-corrected chi connectivity index (χ2v) is 5.01. The van der Waals surface area contributed by atoms with E-state index in [2.05, 4.69) is 9.88 Å². The van der Waals surface area contributed by atoms with Crippen LogP contribution in [-0.2, 0) is 0 Å². The fourth-order valence-corrected chi connectivity index (χ4v) is 2.38. The van der Waals surface area contributed by atoms with Crippen LogP contribution >= 0.6 is 11.6 Å². The first kappa shape index (κ1) is 14.2. The Morgan fingerprint density at radius 3 is 2.95 bits per heavy atom. The van der Waals surface area contributed by atoms with Crippen molar-refractivity contribution in [3.8, 4) is 0 Å². The molecular formula is C13H18ClN3O2. The maximum Gasteiger partial charge on any atom is 0.272 e. The molecule has 1 aliphatic rings. The summed E-state index contributed by atoms with van der Waals surface area (Å²) in [5.74, 6) is -0.0756. The second-order valence-electron chi connectivity index (χ2n) is 4.57. The van der Waals surface area contributed by atoms with Gasteiger partial charge in [-0.1, -0.05) is 11.6 Å². The molecule has 0 spiro atoms. The standard InChI is InChI=1S/C13H18ClN3O2/c14-11-2-3-15-12(10-11)13(19)17-5-1-4-16(6-7-17)8-9-18/h2-3,10,18H,1,4-9H2. The molecule has 1 N–H and O–H groups in total. The van der Waals surface area contributed by atoms with E-state index in [4.69, 9.17) is 16.7 Å². The normalized spacial score (nSPS) is 17.3. The average Bonchev–Trinajstić information content (AvgIpc) is 2.64. The number of hydrogen-bond donors (Lipinski definition) is 1. The minimum atomic E-state index is -0.0756. The van der Waals surface area contributed by atoms with Crippen LogP contribution < -0.4 is 0 Å². The van der Waals surface area contributed by atoms with Crippen LogP contribution in [0.25, 0.3) is 0 Å². The van der Waals surface area contributed by atoms with Gasteiger partial charge in [-0.15, -0.1) is 0 Å². The molecule has 1 amide bonds. The molecule has 2 heterocycles. The van der Waals surface area contributed by atoms with Crippen LogP contribution in [-0.4, -0.2) is 65.1 Å². The molecule has 104 valence electrons. The van der Waals surface area contributed by atoms with Gasteiger partial charge in [0.15, 0.2) is 0 Å². The smallest absolute Gasteiger partial charge is 0.272 e. The number of amides is 1. The SMILES string of the molecule is O=C(c1cc(Cl)ccn1)N1CCCN(CCO)CC1. The summed E-state index contributed by atoms with van der Waals surface area (Å²) in [6.45, 7) is 3.89. The van der Waals surface area contributed by atoms with Crippen molar-refractivity contribution in [1.29, 1.82) is 0 Å². The number of halogens is 1. The minimum Gasteiger partial charge on any atom is -0.395 e. The molecule has 19 heavy (non-hydrogen) atoms. The van der Waals surface area contributed by atoms with Gasteiger partial charge in [-0.25, -0.2) is 0 Å². The number of nitrogens with zero attached hydrogens (tertiary/aromatic N) is 3. The Labute approximate surface area is 117 Å². The summed E-state index contributed by atoms with van der Waals surface area (Å²) < 4.78 is 0. The van der Waals surface area contributed by atoms with Crippen LogP contribution in [0.3, 0.4) is 0 Å². The van der Waals surface area contributed by atoms with E-state index >= 15 is 0 Å². The average molecular weight is 284 g/mol. The van der Waals surface area contributed by atoms with Crippen LogP contribution in [0.4, 0.5) is 0 Å². The van der Waals surface area contributed by atoms with Crippen LogP contribution in [0.1, 0.15) is 16.9 Å². The zero-order valence-electron chi connectivity index (χ0n) is 10.8. The zero-order chi connectivity index (χ0) is 13.7. The molecule has 0 radical (unpaired) electrons. The molecule has 5 nitrogen and oxygen atoms in total. The first-order chi connectivity index (χ1) is 9.20. The highest BCUT2D eigenvalue weighted by molar-refractivity contribution is 6.30. The van der Waals surface area contributed by atoms with Gasteiger partial charge in [-0.2, -0.15) is 0 Å². The Bertz CT molecular complexity index is 442. The molecule has 0 bridgehead atoms. The Hall–Kier alpha value is -1.17. The summed E-state index contributed by atoms with van der Waals surface area (Å²) >= 11 is 5.88. The van der Waals surface area contributed by atoms with Crippen molar-refractivity contribution in [2.45, 2.75) is 6.42 Å². The third-order valence-corrected chi connectivity index (χ3v) is 3.47. The molecule has 1 saturated heterocycles. The van der Waals surface area contributed by atoms with Gasteiger partial charge in [-0.05, 0) is 25.1 Å². The number of carbonyl (C=O) groups is 1. The number of aromatic nitrogens is 1. The Balaban J connectivity index is 2.00. The summed E-state index contributed by atoms with van der Waals surface area (Å²) in [4.78, 5) is 20.3. The van der Waals surface area contributed by atoms with Gasteiger partial charge >= 0.3 is 0 Å². The monoisotopic (exact) mass is 283 g/mol. The van der Waals surface area contributed by atoms with Crippen molar-refractivity contribution >= 4 is 17.5 Å². The van der Waals surface area contributed by atoms with E-state index in [1.807, 2.05) is 0 Å². The maximum absolute atomic E-state index is 12.3. The zero-order valence-corrected chi connectivity index (χ0v) is 11.5. The van der Waals surface area contributed by atoms with E-state index in [1.54, 1.807) is 23.2 Å². The predicted molar refractivity (Wildman–Crippen MR) is 73.3 cm³/mol. The molecule has 1 aliphatic heterocycles. The fourth-order valence-electron chi connectivity index (χ4n) is 2.22. The maximum atomic E-state index is 12.3. The number of aliphatic hydroxyl groups is 1. The highest BCUT2D eigenvalue weighted by Crippen LogP contribution is 2.12. The number of pyridine rings is 1. The van der Waals surface area contributed by atoms with Gasteiger partial charge in [-0.3, -0.25) is 14.7 Å². The van der Waals surface area contributed by atoms with E-state index in [0.717, 1.165) is 26.1 Å². The number of carbonyl (C=O) groups excluding carboxylic acids is 1. The van der Waals surface area contributed by atoms with Crippen molar-refractivity contribution < 1.29 is 9.90 Å². The highest BCUT2D eigenvalue weighted by atomic mass is 35.5. The quantitative estimate of drug-likeness (QED) is 0.895. The van der Waals surface area contributed by atoms with Crippen LogP contribution in [0.15, 0.2) is 18.3 Å². The summed E-state index contributed by atoms with van der Waals surface area (Å²) in [6.07, 6.45) is 2.46. The van der Waals surface area contributed by atoms with E-state index in [-0.39, 0.29) is 12.5 Å². The highest BCUT2D eigenvalue weighted by Gasteiger charge is 2.20. The molecule has 0 aromatic carbocycles. The van der Waals surface area contributed by atoms with E-state index < -0.39 is 0 Å². The van der Waals surface area contributed by atoms with Gasteiger partial charge in [0.1, 0.15) is 5.69 Å². The van der Waals surface area contributed by atoms with Crippen molar-refractivity contribution in [3.05, 3.63) is 29.0 Å². The lowest BCUT2D eigenvalue weighted by Crippen LogP contribution is -2.36. The van der Waals surface area contributed by atoms with Crippen LogP contribution in [0.5, 0.6) is 0 Å². The summed E-state index contributed by atoms with van der Waals surface area (Å²) in [5, 5.41) is 9.47. The van der Waals surface area contributed by atoms with Gasteiger partial charge < -0.3 is 10.0 Å². The lowest BCUT2D eigenvalue weighted by atomic mass is 10.3. The molecule has 2 rings (SSSR count). The topological polar surface area (TPSA) is 56.7 Å². The molecule has 6 heteroatoms. The third kappa shape index (κ3) is 3.89. The number of hydrogen-bond acceptors (Lipinski definition) is 4. The molecule has 1 aromatic heterocycles. The van der Waals surface area contributed by atoms with E-state index in [0.29, 0.717) is 23.8 Å². The first-order valence-electron chi connectivity index (χ1n) is 6.45. The number of aliphatic hydroxyl groups excluding tert-OH is 1. The lowest BCUT2D eigenvalue weighted by molar-refractivity contribution is 0.0754. The van der Waals surface area contributed by atoms with Gasteiger partial charge in [0.2, 0.25) is 0 Å². The third-order valence-electron chi connectivity index (χ3n) is 3.23. The Morgan fingerprint density at radius 2 is 2.21 bits per heavy atom. The first-order valence-corrected chi connectivity index (χ1v) is 6.82. The van der Waals surface area contributed by atoms with Crippen LogP contribution in [0.2, 0.25) is 5.02 Å². The van der Waals surface area contributed by atoms with Gasteiger partial charge in [0, 0.05) is 37.4 Å². The van der Waals surface area contributed by atoms with Crippen molar-refractivity contribution in [1.82, 2.24) is 14.8 Å². The largest absolute Gasteiger partial charge is 0.395 e. The number of rotatable bonds is 3. The van der Waals surface area contributed by atoms with Crippen LogP contribution in [0, 0.1) is 0 Å². The van der Waals surface area contributed by atoms with E-state index in [1.165, 1.54) is 0 Å². The predicted octanol–water partition coefficient (Wildman–Crippen LogP) is 0.875.